The number of hydrogen-bond donors (Lipinski definition) is 1. The molecule has 0 spiro atoms. The Balaban J connectivity index is 2.64. The van der Waals surface area contributed by atoms with E-state index in [1.165, 1.54) is 0 Å². The Labute approximate surface area is 91.8 Å². The molecule has 1 atom stereocenters. The molecule has 0 aliphatic carbocycles. The Kier molecular flexibility index (Phi) is 4.24. The van der Waals surface area contributed by atoms with Crippen molar-refractivity contribution in [3.63, 3.8) is 0 Å². The number of carboxylic acids is 1. The Morgan fingerprint density at radius 3 is 2.33 bits per heavy atom. The smallest absolute Gasteiger partial charge is 0.321 e. The number of nitroso groups, excluding NO2 is 1. The molecule has 1 rings (SSSR count). The summed E-state index contributed by atoms with van der Waals surface area (Å²) in [6, 6.07) is 6.97. The lowest BCUT2D eigenvalue weighted by molar-refractivity contribution is -0.136. The molecule has 5 heteroatoms. The van der Waals surface area contributed by atoms with E-state index in [2.05, 4.69) is 5.18 Å². The molecule has 0 amide bonds. The normalized spacial score (nSPS) is 12.1. The Hall–Kier alpha value is -1.42. The number of alkyl halides is 1. The third-order valence-electron chi connectivity index (χ3n) is 1.95. The maximum absolute atomic E-state index is 10.5. The zero-order chi connectivity index (χ0) is 11.3. The first-order valence-electron chi connectivity index (χ1n) is 4.37. The van der Waals surface area contributed by atoms with Gasteiger partial charge in [0.1, 0.15) is 11.9 Å². The topological polar surface area (TPSA) is 66.7 Å². The van der Waals surface area contributed by atoms with E-state index < -0.39 is 11.3 Å². The molecule has 4 nitrogen and oxygen atoms in total. The van der Waals surface area contributed by atoms with E-state index in [4.69, 9.17) is 16.7 Å². The molecule has 1 N–H and O–H groups in total. The Bertz CT molecular complexity index is 350. The predicted octanol–water partition coefficient (Wildman–Crippen LogP) is 2.19. The summed E-state index contributed by atoms with van der Waals surface area (Å²) < 4.78 is 0. The van der Waals surface area contributed by atoms with E-state index in [0.717, 1.165) is 11.1 Å². The fourth-order valence-electron chi connectivity index (χ4n) is 1.15. The van der Waals surface area contributed by atoms with E-state index in [-0.39, 0.29) is 13.0 Å². The molecule has 1 aromatic carbocycles. The van der Waals surface area contributed by atoms with Crippen LogP contribution in [0.4, 0.5) is 0 Å². The van der Waals surface area contributed by atoms with Gasteiger partial charge in [0.25, 0.3) is 0 Å². The summed E-state index contributed by atoms with van der Waals surface area (Å²) in [6.45, 7) is 0.128. The largest absolute Gasteiger partial charge is 0.480 e. The second-order valence-electron chi connectivity index (χ2n) is 3.11. The highest BCUT2D eigenvalue weighted by Gasteiger charge is 2.13. The van der Waals surface area contributed by atoms with Crippen LogP contribution in [-0.4, -0.2) is 16.5 Å². The molecule has 0 heterocycles. The monoisotopic (exact) mass is 227 g/mol. The van der Waals surface area contributed by atoms with Gasteiger partial charge in [0, 0.05) is 0 Å². The van der Waals surface area contributed by atoms with Gasteiger partial charge in [-0.1, -0.05) is 29.4 Å². The third-order valence-corrected chi connectivity index (χ3v) is 2.29. The minimum atomic E-state index is -1.03. The maximum Gasteiger partial charge on any atom is 0.321 e. The van der Waals surface area contributed by atoms with E-state index >= 15 is 0 Å². The SMILES string of the molecule is O=NCc1ccc(CC(Cl)C(=O)O)cc1. The average Bonchev–Trinajstić information content (AvgIpc) is 2.21. The Morgan fingerprint density at radius 2 is 1.87 bits per heavy atom. The Morgan fingerprint density at radius 1 is 1.33 bits per heavy atom. The van der Waals surface area contributed by atoms with E-state index in [9.17, 15) is 9.70 Å². The minimum absolute atomic E-state index is 0.128. The molecule has 1 aromatic rings. The van der Waals surface area contributed by atoms with Crippen LogP contribution in [0.1, 0.15) is 11.1 Å². The molecule has 0 saturated carbocycles. The van der Waals surface area contributed by atoms with Crippen molar-refractivity contribution in [2.45, 2.75) is 18.3 Å². The van der Waals surface area contributed by atoms with Crippen LogP contribution < -0.4 is 0 Å². The number of rotatable bonds is 5. The van der Waals surface area contributed by atoms with Crippen molar-refractivity contribution in [3.8, 4) is 0 Å². The fraction of sp³-hybridized carbons (Fsp3) is 0.300. The lowest BCUT2D eigenvalue weighted by atomic mass is 10.1. The van der Waals surface area contributed by atoms with Gasteiger partial charge in [0.2, 0.25) is 0 Å². The van der Waals surface area contributed by atoms with Crippen LogP contribution in [-0.2, 0) is 17.8 Å². The van der Waals surface area contributed by atoms with Crippen LogP contribution in [0, 0.1) is 4.91 Å². The van der Waals surface area contributed by atoms with Gasteiger partial charge >= 0.3 is 5.97 Å². The summed E-state index contributed by atoms with van der Waals surface area (Å²) in [4.78, 5) is 20.5. The predicted molar refractivity (Wildman–Crippen MR) is 56.9 cm³/mol. The zero-order valence-electron chi connectivity index (χ0n) is 7.89. The molecule has 0 saturated heterocycles. The molecule has 0 radical (unpaired) electrons. The molecule has 80 valence electrons. The summed E-state index contributed by atoms with van der Waals surface area (Å²) in [7, 11) is 0. The number of nitrogens with zero attached hydrogens (tertiary/aromatic N) is 1. The van der Waals surface area contributed by atoms with Crippen molar-refractivity contribution in [1.82, 2.24) is 0 Å². The molecule has 15 heavy (non-hydrogen) atoms. The number of carbonyl (C=O) groups is 1. The number of aliphatic carboxylic acids is 1. The second kappa shape index (κ2) is 5.46. The first-order valence-corrected chi connectivity index (χ1v) is 4.81. The molecular weight excluding hydrogens is 218 g/mol. The lowest BCUT2D eigenvalue weighted by Crippen LogP contribution is -2.15. The van der Waals surface area contributed by atoms with Gasteiger partial charge in [0.05, 0.1) is 0 Å². The average molecular weight is 228 g/mol. The molecule has 0 fully saturated rings. The van der Waals surface area contributed by atoms with E-state index in [0.29, 0.717) is 0 Å². The first kappa shape index (κ1) is 11.7. The summed E-state index contributed by atoms with van der Waals surface area (Å²) >= 11 is 5.58. The van der Waals surface area contributed by atoms with Crippen molar-refractivity contribution in [3.05, 3.63) is 40.3 Å². The number of carboxylic acid groups (broad SMARTS) is 1. The minimum Gasteiger partial charge on any atom is -0.480 e. The quantitative estimate of drug-likeness (QED) is 0.619. The first-order chi connectivity index (χ1) is 7.13. The van der Waals surface area contributed by atoms with Crippen molar-refractivity contribution in [2.75, 3.05) is 0 Å². The van der Waals surface area contributed by atoms with Gasteiger partial charge in [-0.2, -0.15) is 4.91 Å². The van der Waals surface area contributed by atoms with Gasteiger partial charge in [-0.05, 0) is 17.5 Å². The molecule has 0 aliphatic rings. The van der Waals surface area contributed by atoms with E-state index in [1.807, 2.05) is 0 Å². The molecule has 0 aliphatic heterocycles. The summed E-state index contributed by atoms with van der Waals surface area (Å²) in [5, 5.41) is 10.4. The molecule has 1 unspecified atom stereocenters. The van der Waals surface area contributed by atoms with Crippen LogP contribution in [0.25, 0.3) is 0 Å². The highest BCUT2D eigenvalue weighted by Crippen LogP contribution is 2.10. The van der Waals surface area contributed by atoms with Crippen molar-refractivity contribution >= 4 is 17.6 Å². The van der Waals surface area contributed by atoms with Crippen molar-refractivity contribution in [2.24, 2.45) is 5.18 Å². The summed E-state index contributed by atoms with van der Waals surface area (Å²) in [5.41, 5.74) is 1.63. The highest BCUT2D eigenvalue weighted by molar-refractivity contribution is 6.29. The van der Waals surface area contributed by atoms with Crippen LogP contribution in [0.2, 0.25) is 0 Å². The van der Waals surface area contributed by atoms with Crippen molar-refractivity contribution in [1.29, 1.82) is 0 Å². The van der Waals surface area contributed by atoms with Gasteiger partial charge in [-0.15, -0.1) is 11.6 Å². The molecule has 0 aromatic heterocycles. The van der Waals surface area contributed by atoms with Gasteiger partial charge in [0.15, 0.2) is 0 Å². The molecular formula is C10H10ClNO3. The third kappa shape index (κ3) is 3.67. The molecule has 0 bridgehead atoms. The lowest BCUT2D eigenvalue weighted by Gasteiger charge is -2.04. The van der Waals surface area contributed by atoms with E-state index in [1.54, 1.807) is 24.3 Å². The van der Waals surface area contributed by atoms with Gasteiger partial charge in [-0.25, -0.2) is 0 Å². The second-order valence-corrected chi connectivity index (χ2v) is 3.64. The van der Waals surface area contributed by atoms with Crippen LogP contribution >= 0.6 is 11.6 Å². The maximum atomic E-state index is 10.5. The summed E-state index contributed by atoms with van der Waals surface area (Å²) in [5.74, 6) is -1.03. The van der Waals surface area contributed by atoms with Gasteiger partial charge in [-0.3, -0.25) is 4.79 Å². The van der Waals surface area contributed by atoms with Crippen LogP contribution in [0.5, 0.6) is 0 Å². The van der Waals surface area contributed by atoms with Crippen LogP contribution in [0.15, 0.2) is 29.4 Å². The number of halogens is 1. The summed E-state index contributed by atoms with van der Waals surface area (Å²) in [6.07, 6.45) is 0.270. The number of hydrogen-bond acceptors (Lipinski definition) is 3. The van der Waals surface area contributed by atoms with Crippen LogP contribution in [0.3, 0.4) is 0 Å². The number of benzene rings is 1. The fourth-order valence-corrected chi connectivity index (χ4v) is 1.33. The van der Waals surface area contributed by atoms with Crippen molar-refractivity contribution < 1.29 is 9.90 Å². The van der Waals surface area contributed by atoms with Gasteiger partial charge < -0.3 is 5.11 Å². The zero-order valence-corrected chi connectivity index (χ0v) is 8.65. The standard InChI is InChI=1S/C10H10ClNO3/c11-9(10(13)14)5-7-1-3-8(4-2-7)6-12-15/h1-4,9H,5-6H2,(H,13,14). The highest BCUT2D eigenvalue weighted by atomic mass is 35.5.